The Balaban J connectivity index is 2.75. The van der Waals surface area contributed by atoms with Gasteiger partial charge in [-0.25, -0.2) is 4.79 Å². The van der Waals surface area contributed by atoms with Crippen molar-refractivity contribution >= 4 is 23.6 Å². The number of carboxylic acid groups (broad SMARTS) is 1. The largest absolute Gasteiger partial charge is 0.481 e. The molecule has 6 heteroatoms. The van der Waals surface area contributed by atoms with Crippen molar-refractivity contribution in [1.29, 1.82) is 0 Å². The van der Waals surface area contributed by atoms with E-state index in [9.17, 15) is 9.59 Å². The highest BCUT2D eigenvalue weighted by Gasteiger charge is 2.40. The number of amides is 2. The van der Waals surface area contributed by atoms with Crippen molar-refractivity contribution in [1.82, 2.24) is 10.2 Å². The van der Waals surface area contributed by atoms with Crippen molar-refractivity contribution in [3.05, 3.63) is 11.6 Å². The maximum absolute atomic E-state index is 12.1. The molecule has 0 saturated heterocycles. The molecule has 1 aliphatic rings. The fourth-order valence-corrected chi connectivity index (χ4v) is 2.69. The van der Waals surface area contributed by atoms with Gasteiger partial charge in [-0.3, -0.25) is 4.79 Å². The van der Waals surface area contributed by atoms with Gasteiger partial charge in [-0.1, -0.05) is 37.4 Å². The molecule has 5 nitrogen and oxygen atoms in total. The molecule has 0 aliphatic heterocycles. The quantitative estimate of drug-likeness (QED) is 0.817. The number of rotatable bonds is 5. The molecule has 0 aromatic carbocycles. The summed E-state index contributed by atoms with van der Waals surface area (Å²) in [6.07, 6.45) is 4.43. The van der Waals surface area contributed by atoms with E-state index in [-0.39, 0.29) is 19.0 Å². The fourth-order valence-electron chi connectivity index (χ4n) is 2.63. The van der Waals surface area contributed by atoms with Gasteiger partial charge in [0.05, 0.1) is 18.5 Å². The Hall–Kier alpha value is -1.23. The van der Waals surface area contributed by atoms with E-state index < -0.39 is 11.5 Å². The van der Waals surface area contributed by atoms with E-state index in [1.54, 1.807) is 7.05 Å². The average molecular weight is 289 g/mol. The minimum atomic E-state index is -0.872. The van der Waals surface area contributed by atoms with Gasteiger partial charge < -0.3 is 15.3 Å². The third-order valence-electron chi connectivity index (χ3n) is 3.71. The number of carbonyl (C=O) groups is 2. The fraction of sp³-hybridized carbons (Fsp3) is 0.692. The van der Waals surface area contributed by atoms with E-state index in [1.807, 2.05) is 0 Å². The molecular weight excluding hydrogens is 268 g/mol. The van der Waals surface area contributed by atoms with Crippen molar-refractivity contribution < 1.29 is 14.7 Å². The SMILES string of the molecule is C=C(Cl)CNC(=O)N(C)C1(CC(=O)O)CCCCC1. The van der Waals surface area contributed by atoms with E-state index in [4.69, 9.17) is 16.7 Å². The Kier molecular flexibility index (Phi) is 5.66. The second-order valence-corrected chi connectivity index (χ2v) is 5.63. The number of nitrogens with zero attached hydrogens (tertiary/aromatic N) is 1. The van der Waals surface area contributed by atoms with Crippen molar-refractivity contribution in [3.8, 4) is 0 Å². The van der Waals surface area contributed by atoms with E-state index in [0.29, 0.717) is 5.03 Å². The van der Waals surface area contributed by atoms with Gasteiger partial charge in [0.1, 0.15) is 0 Å². The zero-order valence-corrected chi connectivity index (χ0v) is 12.0. The third-order valence-corrected chi connectivity index (χ3v) is 3.85. The minimum absolute atomic E-state index is 0.0151. The Morgan fingerprint density at radius 1 is 1.37 bits per heavy atom. The van der Waals surface area contributed by atoms with E-state index in [0.717, 1.165) is 32.1 Å². The highest BCUT2D eigenvalue weighted by Crippen LogP contribution is 2.35. The molecule has 1 fully saturated rings. The van der Waals surface area contributed by atoms with Gasteiger partial charge in [0, 0.05) is 12.1 Å². The maximum atomic E-state index is 12.1. The summed E-state index contributed by atoms with van der Waals surface area (Å²) in [5, 5.41) is 12.1. The zero-order chi connectivity index (χ0) is 14.5. The number of hydrogen-bond donors (Lipinski definition) is 2. The number of nitrogens with one attached hydrogen (secondary N) is 1. The number of aliphatic carboxylic acids is 1. The summed E-state index contributed by atoms with van der Waals surface area (Å²) in [7, 11) is 1.65. The van der Waals surface area contributed by atoms with Crippen LogP contribution in [-0.4, -0.2) is 41.1 Å². The van der Waals surface area contributed by atoms with Gasteiger partial charge in [-0.05, 0) is 12.8 Å². The first-order valence-electron chi connectivity index (χ1n) is 6.44. The van der Waals surface area contributed by atoms with Crippen LogP contribution >= 0.6 is 11.6 Å². The molecule has 2 N–H and O–H groups in total. The highest BCUT2D eigenvalue weighted by molar-refractivity contribution is 6.29. The number of carbonyl (C=O) groups excluding carboxylic acids is 1. The molecule has 0 aromatic heterocycles. The standard InChI is InChI=1S/C13H21ClN2O3/c1-10(14)9-15-12(19)16(2)13(8-11(17)18)6-4-3-5-7-13/h1,3-9H2,2H3,(H,15,19)(H,17,18). The Bertz CT molecular complexity index is 365. The lowest BCUT2D eigenvalue weighted by molar-refractivity contribution is -0.140. The van der Waals surface area contributed by atoms with Crippen molar-refractivity contribution in [2.24, 2.45) is 0 Å². The minimum Gasteiger partial charge on any atom is -0.481 e. The predicted molar refractivity (Wildman–Crippen MR) is 74.2 cm³/mol. The highest BCUT2D eigenvalue weighted by atomic mass is 35.5. The number of hydrogen-bond acceptors (Lipinski definition) is 2. The van der Waals surface area contributed by atoms with Gasteiger partial charge in [-0.15, -0.1) is 0 Å². The monoisotopic (exact) mass is 288 g/mol. The molecule has 19 heavy (non-hydrogen) atoms. The molecule has 0 atom stereocenters. The lowest BCUT2D eigenvalue weighted by Crippen LogP contribution is -2.55. The smallest absolute Gasteiger partial charge is 0.317 e. The summed E-state index contributed by atoms with van der Waals surface area (Å²) in [5.41, 5.74) is -0.582. The van der Waals surface area contributed by atoms with Crippen LogP contribution in [0.5, 0.6) is 0 Å². The first-order chi connectivity index (χ1) is 8.87. The van der Waals surface area contributed by atoms with Gasteiger partial charge in [0.15, 0.2) is 0 Å². The summed E-state index contributed by atoms with van der Waals surface area (Å²) < 4.78 is 0. The molecule has 0 radical (unpaired) electrons. The van der Waals surface area contributed by atoms with Crippen LogP contribution in [-0.2, 0) is 4.79 Å². The lowest BCUT2D eigenvalue weighted by Gasteiger charge is -2.43. The normalized spacial score (nSPS) is 17.6. The number of carboxylic acids is 1. The molecule has 1 rings (SSSR count). The van der Waals surface area contributed by atoms with Crippen LogP contribution in [0, 0.1) is 0 Å². The van der Waals surface area contributed by atoms with Gasteiger partial charge in [-0.2, -0.15) is 0 Å². The summed E-state index contributed by atoms with van der Waals surface area (Å²) in [4.78, 5) is 24.7. The Morgan fingerprint density at radius 3 is 2.42 bits per heavy atom. The van der Waals surface area contributed by atoms with Crippen LogP contribution < -0.4 is 5.32 Å². The van der Waals surface area contributed by atoms with Crippen molar-refractivity contribution in [2.75, 3.05) is 13.6 Å². The Labute approximate surface area is 118 Å². The van der Waals surface area contributed by atoms with E-state index in [1.165, 1.54) is 4.90 Å². The van der Waals surface area contributed by atoms with Crippen LogP contribution in [0.15, 0.2) is 11.6 Å². The van der Waals surface area contributed by atoms with Crippen LogP contribution in [0.25, 0.3) is 0 Å². The topological polar surface area (TPSA) is 69.6 Å². The van der Waals surface area contributed by atoms with E-state index >= 15 is 0 Å². The molecule has 0 heterocycles. The molecule has 2 amide bonds. The molecule has 108 valence electrons. The average Bonchev–Trinajstić information content (AvgIpc) is 2.35. The molecular formula is C13H21ClN2O3. The number of urea groups is 1. The molecule has 0 bridgehead atoms. The van der Waals surface area contributed by atoms with Gasteiger partial charge >= 0.3 is 12.0 Å². The molecule has 0 spiro atoms. The second-order valence-electron chi connectivity index (χ2n) is 5.09. The lowest BCUT2D eigenvalue weighted by atomic mass is 9.78. The number of halogens is 1. The van der Waals surface area contributed by atoms with Crippen molar-refractivity contribution in [2.45, 2.75) is 44.1 Å². The van der Waals surface area contributed by atoms with Crippen LogP contribution in [0.3, 0.4) is 0 Å². The summed E-state index contributed by atoms with van der Waals surface area (Å²) in [6.45, 7) is 3.69. The molecule has 0 aromatic rings. The molecule has 1 aliphatic carbocycles. The predicted octanol–water partition coefficient (Wildman–Crippen LogP) is 2.56. The van der Waals surface area contributed by atoms with Gasteiger partial charge in [0.2, 0.25) is 0 Å². The summed E-state index contributed by atoms with van der Waals surface area (Å²) in [5.74, 6) is -0.872. The van der Waals surface area contributed by atoms with Crippen LogP contribution in [0.1, 0.15) is 38.5 Å². The summed E-state index contributed by atoms with van der Waals surface area (Å²) >= 11 is 5.61. The summed E-state index contributed by atoms with van der Waals surface area (Å²) in [6, 6.07) is -0.301. The third kappa shape index (κ3) is 4.42. The maximum Gasteiger partial charge on any atom is 0.317 e. The zero-order valence-electron chi connectivity index (χ0n) is 11.2. The molecule has 1 saturated carbocycles. The first-order valence-corrected chi connectivity index (χ1v) is 6.82. The van der Waals surface area contributed by atoms with Crippen LogP contribution in [0.2, 0.25) is 0 Å². The van der Waals surface area contributed by atoms with E-state index in [2.05, 4.69) is 11.9 Å². The Morgan fingerprint density at radius 2 is 1.95 bits per heavy atom. The molecule has 0 unspecified atom stereocenters. The second kappa shape index (κ2) is 6.80. The first kappa shape index (κ1) is 15.8. The van der Waals surface area contributed by atoms with Crippen LogP contribution in [0.4, 0.5) is 4.79 Å². The van der Waals surface area contributed by atoms with Gasteiger partial charge in [0.25, 0.3) is 0 Å². The van der Waals surface area contributed by atoms with Crippen molar-refractivity contribution in [3.63, 3.8) is 0 Å².